The molecule has 0 spiro atoms. The lowest BCUT2D eigenvalue weighted by atomic mass is 9.78. The first kappa shape index (κ1) is 12.7. The first-order valence-corrected chi connectivity index (χ1v) is 7.91. The number of nitrogens with one attached hydrogen (secondary N) is 1. The molecule has 0 radical (unpaired) electrons. The van der Waals surface area contributed by atoms with Crippen LogP contribution in [0.15, 0.2) is 0 Å². The fourth-order valence-corrected chi connectivity index (χ4v) is 3.61. The average molecular weight is 242 g/mol. The van der Waals surface area contributed by atoms with Gasteiger partial charge in [-0.25, -0.2) is 0 Å². The molecule has 0 aliphatic carbocycles. The molecule has 1 unspecified atom stereocenters. The zero-order valence-electron chi connectivity index (χ0n) is 10.8. The maximum atomic E-state index is 3.64. The first-order chi connectivity index (χ1) is 7.72. The molecule has 94 valence electrons. The Labute approximate surface area is 105 Å². The van der Waals surface area contributed by atoms with Gasteiger partial charge in [-0.1, -0.05) is 20.3 Å². The number of rotatable bonds is 3. The third kappa shape index (κ3) is 3.38. The van der Waals surface area contributed by atoms with E-state index in [0.717, 1.165) is 6.04 Å². The Morgan fingerprint density at radius 3 is 2.69 bits per heavy atom. The molecule has 1 N–H and O–H groups in total. The molecule has 1 atom stereocenters. The van der Waals surface area contributed by atoms with Gasteiger partial charge in [-0.05, 0) is 31.3 Å². The van der Waals surface area contributed by atoms with Crippen LogP contribution >= 0.6 is 11.8 Å². The van der Waals surface area contributed by atoms with Crippen LogP contribution in [0.5, 0.6) is 0 Å². The largest absolute Gasteiger partial charge is 0.311 e. The zero-order valence-corrected chi connectivity index (χ0v) is 11.6. The van der Waals surface area contributed by atoms with E-state index in [4.69, 9.17) is 0 Å². The van der Waals surface area contributed by atoms with Crippen molar-refractivity contribution in [2.75, 3.05) is 37.7 Å². The molecular weight excluding hydrogens is 216 g/mol. The smallest absolute Gasteiger partial charge is 0.0285 e. The van der Waals surface area contributed by atoms with Crippen molar-refractivity contribution in [3.05, 3.63) is 0 Å². The van der Waals surface area contributed by atoms with Crippen molar-refractivity contribution >= 4 is 11.8 Å². The molecule has 0 bridgehead atoms. The standard InChI is InChI=1S/C13H26N2S/c1-3-13(2)4-7-15(8-5-13)10-12-11-16-9-6-14-12/h12,14H,3-11H2,1-2H3. The summed E-state index contributed by atoms with van der Waals surface area (Å²) in [5, 5.41) is 3.64. The molecule has 0 aromatic carbocycles. The molecule has 2 saturated heterocycles. The lowest BCUT2D eigenvalue weighted by molar-refractivity contribution is 0.108. The Morgan fingerprint density at radius 1 is 1.38 bits per heavy atom. The molecule has 0 aromatic heterocycles. The normalized spacial score (nSPS) is 31.5. The highest BCUT2D eigenvalue weighted by Gasteiger charge is 2.29. The average Bonchev–Trinajstić information content (AvgIpc) is 2.34. The fraction of sp³-hybridized carbons (Fsp3) is 1.00. The van der Waals surface area contributed by atoms with Gasteiger partial charge in [0, 0.05) is 30.6 Å². The van der Waals surface area contributed by atoms with E-state index in [-0.39, 0.29) is 0 Å². The van der Waals surface area contributed by atoms with Crippen LogP contribution in [0.1, 0.15) is 33.1 Å². The molecule has 3 heteroatoms. The highest BCUT2D eigenvalue weighted by Crippen LogP contribution is 2.33. The molecule has 0 amide bonds. The molecule has 2 rings (SSSR count). The minimum atomic E-state index is 0.630. The van der Waals surface area contributed by atoms with E-state index in [0.29, 0.717) is 5.41 Å². The van der Waals surface area contributed by atoms with Crippen LogP contribution in [0.4, 0.5) is 0 Å². The molecule has 2 aliphatic heterocycles. The summed E-state index contributed by atoms with van der Waals surface area (Å²) in [6, 6.07) is 0.740. The monoisotopic (exact) mass is 242 g/mol. The number of nitrogens with zero attached hydrogens (tertiary/aromatic N) is 1. The lowest BCUT2D eigenvalue weighted by Crippen LogP contribution is -2.49. The van der Waals surface area contributed by atoms with E-state index in [2.05, 4.69) is 35.8 Å². The topological polar surface area (TPSA) is 15.3 Å². The van der Waals surface area contributed by atoms with Crippen LogP contribution in [0, 0.1) is 5.41 Å². The van der Waals surface area contributed by atoms with Crippen LogP contribution in [-0.2, 0) is 0 Å². The van der Waals surface area contributed by atoms with Gasteiger partial charge in [0.2, 0.25) is 0 Å². The molecule has 2 aliphatic rings. The van der Waals surface area contributed by atoms with E-state index in [1.165, 1.54) is 56.9 Å². The summed E-state index contributed by atoms with van der Waals surface area (Å²) in [7, 11) is 0. The molecule has 2 fully saturated rings. The first-order valence-electron chi connectivity index (χ1n) is 6.75. The maximum absolute atomic E-state index is 3.64. The van der Waals surface area contributed by atoms with Gasteiger partial charge in [0.25, 0.3) is 0 Å². The van der Waals surface area contributed by atoms with Crippen LogP contribution < -0.4 is 5.32 Å². The van der Waals surface area contributed by atoms with Gasteiger partial charge in [0.05, 0.1) is 0 Å². The van der Waals surface area contributed by atoms with Gasteiger partial charge in [-0.2, -0.15) is 11.8 Å². The van der Waals surface area contributed by atoms with Crippen LogP contribution in [-0.4, -0.2) is 48.6 Å². The zero-order chi connectivity index (χ0) is 11.4. The molecule has 2 nitrogen and oxygen atoms in total. The Morgan fingerprint density at radius 2 is 2.12 bits per heavy atom. The quantitative estimate of drug-likeness (QED) is 0.817. The third-order valence-electron chi connectivity index (χ3n) is 4.39. The summed E-state index contributed by atoms with van der Waals surface area (Å²) >= 11 is 2.11. The van der Waals surface area contributed by atoms with Gasteiger partial charge < -0.3 is 10.2 Å². The minimum absolute atomic E-state index is 0.630. The van der Waals surface area contributed by atoms with Crippen molar-refractivity contribution in [3.63, 3.8) is 0 Å². The summed E-state index contributed by atoms with van der Waals surface area (Å²) in [4.78, 5) is 2.67. The van der Waals surface area contributed by atoms with Gasteiger partial charge >= 0.3 is 0 Å². The van der Waals surface area contributed by atoms with Crippen molar-refractivity contribution in [3.8, 4) is 0 Å². The third-order valence-corrected chi connectivity index (χ3v) is 5.52. The Bertz CT molecular complexity index is 206. The van der Waals surface area contributed by atoms with Crippen LogP contribution in [0.25, 0.3) is 0 Å². The fourth-order valence-electron chi connectivity index (χ4n) is 2.68. The number of hydrogen-bond donors (Lipinski definition) is 1. The predicted molar refractivity (Wildman–Crippen MR) is 73.2 cm³/mol. The van der Waals surface area contributed by atoms with E-state index in [1.807, 2.05) is 0 Å². The summed E-state index contributed by atoms with van der Waals surface area (Å²) in [6.07, 6.45) is 4.13. The number of hydrogen-bond acceptors (Lipinski definition) is 3. The molecule has 0 saturated carbocycles. The summed E-state index contributed by atoms with van der Waals surface area (Å²) in [5.41, 5.74) is 0.630. The number of piperidine rings is 1. The second kappa shape index (κ2) is 5.74. The predicted octanol–water partition coefficient (Wildman–Crippen LogP) is 2.20. The SMILES string of the molecule is CCC1(C)CCN(CC2CSCCN2)CC1. The van der Waals surface area contributed by atoms with Gasteiger partial charge in [0.1, 0.15) is 0 Å². The Balaban J connectivity index is 1.72. The number of thioether (sulfide) groups is 1. The van der Waals surface area contributed by atoms with Crippen LogP contribution in [0.2, 0.25) is 0 Å². The van der Waals surface area contributed by atoms with E-state index < -0.39 is 0 Å². The van der Waals surface area contributed by atoms with Crippen molar-refractivity contribution in [1.82, 2.24) is 10.2 Å². The second-order valence-electron chi connectivity index (χ2n) is 5.69. The highest BCUT2D eigenvalue weighted by atomic mass is 32.2. The van der Waals surface area contributed by atoms with Crippen molar-refractivity contribution < 1.29 is 0 Å². The van der Waals surface area contributed by atoms with Crippen molar-refractivity contribution in [2.45, 2.75) is 39.2 Å². The molecule has 2 heterocycles. The Kier molecular flexibility index (Phi) is 4.57. The summed E-state index contributed by atoms with van der Waals surface area (Å²) < 4.78 is 0. The van der Waals surface area contributed by atoms with Gasteiger partial charge in [-0.3, -0.25) is 0 Å². The molecular formula is C13H26N2S. The minimum Gasteiger partial charge on any atom is -0.311 e. The van der Waals surface area contributed by atoms with Crippen molar-refractivity contribution in [2.24, 2.45) is 5.41 Å². The molecule has 0 aromatic rings. The van der Waals surface area contributed by atoms with Gasteiger partial charge in [0.15, 0.2) is 0 Å². The second-order valence-corrected chi connectivity index (χ2v) is 6.84. The highest BCUT2D eigenvalue weighted by molar-refractivity contribution is 7.99. The molecule has 16 heavy (non-hydrogen) atoms. The maximum Gasteiger partial charge on any atom is 0.0285 e. The van der Waals surface area contributed by atoms with E-state index >= 15 is 0 Å². The summed E-state index contributed by atoms with van der Waals surface area (Å²) in [5.74, 6) is 2.60. The van der Waals surface area contributed by atoms with Crippen molar-refractivity contribution in [1.29, 1.82) is 0 Å². The van der Waals surface area contributed by atoms with E-state index in [9.17, 15) is 0 Å². The number of likely N-dealkylation sites (tertiary alicyclic amines) is 1. The summed E-state index contributed by atoms with van der Waals surface area (Å²) in [6.45, 7) is 9.90. The van der Waals surface area contributed by atoms with E-state index in [1.54, 1.807) is 0 Å². The Hall–Kier alpha value is 0.270. The lowest BCUT2D eigenvalue weighted by Gasteiger charge is -2.40. The van der Waals surface area contributed by atoms with Crippen LogP contribution in [0.3, 0.4) is 0 Å². The van der Waals surface area contributed by atoms with Gasteiger partial charge in [-0.15, -0.1) is 0 Å².